The van der Waals surface area contributed by atoms with Gasteiger partial charge in [0.2, 0.25) is 4.80 Å². The molecule has 0 N–H and O–H groups in total. The molecule has 1 heterocycles. The molecular formula is C16H16N2O2S3. The van der Waals surface area contributed by atoms with E-state index in [2.05, 4.69) is 10.5 Å². The topological polar surface area (TPSA) is 51.4 Å². The highest BCUT2D eigenvalue weighted by atomic mass is 32.2. The monoisotopic (exact) mass is 364 g/mol. The lowest BCUT2D eigenvalue weighted by molar-refractivity contribution is 0.596. The summed E-state index contributed by atoms with van der Waals surface area (Å²) in [7, 11) is -1.87. The minimum absolute atomic E-state index is 0.213. The van der Waals surface area contributed by atoms with Crippen molar-refractivity contribution >= 4 is 43.3 Å². The summed E-state index contributed by atoms with van der Waals surface area (Å²) in [5, 5.41) is 0. The third kappa shape index (κ3) is 3.22. The summed E-state index contributed by atoms with van der Waals surface area (Å²) in [5.41, 5.74) is 1.99. The van der Waals surface area contributed by atoms with Crippen molar-refractivity contribution in [3.05, 3.63) is 52.8 Å². The number of aryl methyl sites for hydroxylation is 2. The van der Waals surface area contributed by atoms with Crippen molar-refractivity contribution in [2.75, 3.05) is 6.26 Å². The van der Waals surface area contributed by atoms with Gasteiger partial charge in [-0.3, -0.25) is 0 Å². The van der Waals surface area contributed by atoms with Gasteiger partial charge in [-0.15, -0.1) is 16.2 Å². The van der Waals surface area contributed by atoms with E-state index in [1.54, 1.807) is 36.0 Å². The second-order valence-corrected chi connectivity index (χ2v) is 8.65. The zero-order valence-corrected chi connectivity index (χ0v) is 15.4. The largest absolute Gasteiger partial charge is 0.319 e. The number of hydrogen-bond donors (Lipinski definition) is 0. The average molecular weight is 365 g/mol. The molecule has 0 aliphatic heterocycles. The number of thiazole rings is 1. The predicted octanol–water partition coefficient (Wildman–Crippen LogP) is 3.56. The normalized spacial score (nSPS) is 12.9. The first kappa shape index (κ1) is 16.3. The van der Waals surface area contributed by atoms with Crippen molar-refractivity contribution in [3.8, 4) is 0 Å². The summed E-state index contributed by atoms with van der Waals surface area (Å²) in [6.45, 7) is 1.92. The molecule has 7 heteroatoms. The van der Waals surface area contributed by atoms with Crippen LogP contribution in [0.2, 0.25) is 0 Å². The number of thioether (sulfide) groups is 1. The van der Waals surface area contributed by atoms with Gasteiger partial charge in [0.15, 0.2) is 0 Å². The van der Waals surface area contributed by atoms with Crippen molar-refractivity contribution in [3.63, 3.8) is 0 Å². The SMILES string of the molecule is CSc1ccc2c(c1)s/c(=N\S(=O)(=O)c1ccc(C)cc1)n2C. The minimum atomic E-state index is -3.71. The van der Waals surface area contributed by atoms with Crippen molar-refractivity contribution < 1.29 is 8.42 Å². The highest BCUT2D eigenvalue weighted by Gasteiger charge is 2.13. The molecule has 0 spiro atoms. The van der Waals surface area contributed by atoms with Gasteiger partial charge in [-0.25, -0.2) is 0 Å². The standard InChI is InChI=1S/C16H16N2O2S3/c1-11-4-7-13(8-5-11)23(19,20)17-16-18(2)14-9-6-12(21-3)10-15(14)22-16/h4-10H,1-3H3/b17-16-. The van der Waals surface area contributed by atoms with Crippen LogP contribution in [0.15, 0.2) is 56.7 Å². The van der Waals surface area contributed by atoms with Crippen LogP contribution in [0.3, 0.4) is 0 Å². The second-order valence-electron chi connectivity index (χ2n) is 5.16. The molecule has 0 atom stereocenters. The Morgan fingerprint density at radius 3 is 2.48 bits per heavy atom. The zero-order chi connectivity index (χ0) is 16.6. The molecule has 0 fully saturated rings. The number of aromatic nitrogens is 1. The smallest absolute Gasteiger partial charge is 0.285 e. The molecule has 0 saturated heterocycles. The highest BCUT2D eigenvalue weighted by molar-refractivity contribution is 7.98. The van der Waals surface area contributed by atoms with Gasteiger partial charge in [0.25, 0.3) is 10.0 Å². The van der Waals surface area contributed by atoms with Gasteiger partial charge >= 0.3 is 0 Å². The fraction of sp³-hybridized carbons (Fsp3) is 0.188. The lowest BCUT2D eigenvalue weighted by Gasteiger charge is -1.99. The zero-order valence-electron chi connectivity index (χ0n) is 13.0. The number of fused-ring (bicyclic) bond motifs is 1. The van der Waals surface area contributed by atoms with Crippen LogP contribution in [0.4, 0.5) is 0 Å². The van der Waals surface area contributed by atoms with Crippen molar-refractivity contribution in [1.82, 2.24) is 4.57 Å². The van der Waals surface area contributed by atoms with Crippen molar-refractivity contribution in [2.45, 2.75) is 16.7 Å². The second kappa shape index (κ2) is 6.14. The molecule has 0 amide bonds. The van der Waals surface area contributed by atoms with Crippen LogP contribution in [-0.2, 0) is 17.1 Å². The van der Waals surface area contributed by atoms with E-state index in [0.717, 1.165) is 20.7 Å². The quantitative estimate of drug-likeness (QED) is 0.668. The molecule has 120 valence electrons. The Morgan fingerprint density at radius 2 is 1.83 bits per heavy atom. The van der Waals surface area contributed by atoms with Gasteiger partial charge in [-0.2, -0.15) is 8.42 Å². The van der Waals surface area contributed by atoms with Gasteiger partial charge in [0.05, 0.1) is 15.1 Å². The lowest BCUT2D eigenvalue weighted by Crippen LogP contribution is -2.13. The Balaban J connectivity index is 2.16. The van der Waals surface area contributed by atoms with E-state index >= 15 is 0 Å². The van der Waals surface area contributed by atoms with E-state index in [-0.39, 0.29) is 4.90 Å². The summed E-state index contributed by atoms with van der Waals surface area (Å²) >= 11 is 3.04. The van der Waals surface area contributed by atoms with Crippen LogP contribution in [0.25, 0.3) is 10.2 Å². The maximum atomic E-state index is 12.5. The molecule has 0 aliphatic carbocycles. The molecule has 1 aromatic heterocycles. The highest BCUT2D eigenvalue weighted by Crippen LogP contribution is 2.24. The first-order valence-corrected chi connectivity index (χ1v) is 10.4. The van der Waals surface area contributed by atoms with E-state index < -0.39 is 10.0 Å². The molecule has 3 aromatic rings. The maximum Gasteiger partial charge on any atom is 0.285 e. The van der Waals surface area contributed by atoms with Crippen LogP contribution < -0.4 is 4.80 Å². The Bertz CT molecular complexity index is 1030. The summed E-state index contributed by atoms with van der Waals surface area (Å²) in [6.07, 6.45) is 2.02. The first-order chi connectivity index (χ1) is 10.9. The average Bonchev–Trinajstić information content (AvgIpc) is 2.82. The fourth-order valence-electron chi connectivity index (χ4n) is 2.20. The van der Waals surface area contributed by atoms with Crippen molar-refractivity contribution in [2.24, 2.45) is 11.4 Å². The van der Waals surface area contributed by atoms with Crippen LogP contribution in [-0.4, -0.2) is 19.2 Å². The van der Waals surface area contributed by atoms with Gasteiger partial charge < -0.3 is 4.57 Å². The number of nitrogens with zero attached hydrogens (tertiary/aromatic N) is 2. The van der Waals surface area contributed by atoms with E-state index in [1.807, 2.05) is 36.9 Å². The van der Waals surface area contributed by atoms with E-state index in [1.165, 1.54) is 11.3 Å². The summed E-state index contributed by atoms with van der Waals surface area (Å²) in [6, 6.07) is 12.8. The third-order valence-corrected chi connectivity index (χ3v) is 6.75. The summed E-state index contributed by atoms with van der Waals surface area (Å²) in [5.74, 6) is 0. The van der Waals surface area contributed by atoms with Gasteiger partial charge in [0.1, 0.15) is 0 Å². The molecule has 4 nitrogen and oxygen atoms in total. The van der Waals surface area contributed by atoms with Crippen molar-refractivity contribution in [1.29, 1.82) is 0 Å². The number of sulfonamides is 1. The minimum Gasteiger partial charge on any atom is -0.319 e. The Labute approximate surface area is 143 Å². The van der Waals surface area contributed by atoms with Gasteiger partial charge in [-0.05, 0) is 43.5 Å². The molecule has 2 aromatic carbocycles. The van der Waals surface area contributed by atoms with E-state index in [0.29, 0.717) is 4.80 Å². The number of hydrogen-bond acceptors (Lipinski definition) is 4. The van der Waals surface area contributed by atoms with Crippen LogP contribution in [0.5, 0.6) is 0 Å². The summed E-state index contributed by atoms with van der Waals surface area (Å²) < 4.78 is 31.8. The Hall–Kier alpha value is -1.57. The van der Waals surface area contributed by atoms with Crippen LogP contribution >= 0.6 is 23.1 Å². The molecule has 0 aliphatic rings. The van der Waals surface area contributed by atoms with Gasteiger partial charge in [0, 0.05) is 11.9 Å². The van der Waals surface area contributed by atoms with Crippen LogP contribution in [0, 0.1) is 6.92 Å². The Kier molecular flexibility index (Phi) is 4.35. The molecule has 0 unspecified atom stereocenters. The molecular weight excluding hydrogens is 348 g/mol. The number of benzene rings is 2. The molecule has 0 radical (unpaired) electrons. The summed E-state index contributed by atoms with van der Waals surface area (Å²) in [4.78, 5) is 1.83. The fourth-order valence-corrected chi connectivity index (χ4v) is 4.99. The first-order valence-electron chi connectivity index (χ1n) is 6.92. The molecule has 0 saturated carbocycles. The van der Waals surface area contributed by atoms with E-state index in [4.69, 9.17) is 0 Å². The predicted molar refractivity (Wildman–Crippen MR) is 96.5 cm³/mol. The molecule has 3 rings (SSSR count). The van der Waals surface area contributed by atoms with Crippen LogP contribution in [0.1, 0.15) is 5.56 Å². The molecule has 0 bridgehead atoms. The molecule has 23 heavy (non-hydrogen) atoms. The lowest BCUT2D eigenvalue weighted by atomic mass is 10.2. The number of rotatable bonds is 3. The van der Waals surface area contributed by atoms with E-state index in [9.17, 15) is 8.42 Å². The van der Waals surface area contributed by atoms with Gasteiger partial charge in [-0.1, -0.05) is 29.0 Å². The third-order valence-electron chi connectivity index (χ3n) is 3.53. The Morgan fingerprint density at radius 1 is 1.13 bits per heavy atom. The maximum absolute atomic E-state index is 12.5.